The first-order chi connectivity index (χ1) is 8.43. The van der Waals surface area contributed by atoms with Crippen molar-refractivity contribution in [3.8, 4) is 0 Å². The zero-order chi connectivity index (χ0) is 13.4. The van der Waals surface area contributed by atoms with E-state index in [9.17, 15) is 9.59 Å². The Labute approximate surface area is 111 Å². The Hall–Kier alpha value is -1.67. The fourth-order valence-corrected chi connectivity index (χ4v) is 2.18. The molecule has 18 heavy (non-hydrogen) atoms. The van der Waals surface area contributed by atoms with E-state index in [-0.39, 0.29) is 11.6 Å². The molecule has 0 saturated carbocycles. The lowest BCUT2D eigenvalue weighted by Crippen LogP contribution is -2.19. The quantitative estimate of drug-likeness (QED) is 0.723. The van der Waals surface area contributed by atoms with Gasteiger partial charge in [0.05, 0.1) is 0 Å². The molecule has 3 heteroatoms. The highest BCUT2D eigenvalue weighted by Gasteiger charge is 2.28. The average molecular weight is 261 g/mol. The van der Waals surface area contributed by atoms with E-state index in [0.29, 0.717) is 27.3 Å². The molecule has 0 atom stereocenters. The maximum absolute atomic E-state index is 12.3. The van der Waals surface area contributed by atoms with Gasteiger partial charge in [0.2, 0.25) is 0 Å². The lowest BCUT2D eigenvalue weighted by molar-refractivity contribution is -0.115. The molecule has 0 heterocycles. The van der Waals surface area contributed by atoms with Crippen LogP contribution in [0.1, 0.15) is 26.3 Å². The normalized spacial score (nSPS) is 16.7. The van der Waals surface area contributed by atoms with Gasteiger partial charge < -0.3 is 0 Å². The van der Waals surface area contributed by atoms with Crippen LogP contribution in [0, 0.1) is 0 Å². The molecule has 0 bridgehead atoms. The van der Waals surface area contributed by atoms with Gasteiger partial charge in [-0.25, -0.2) is 0 Å². The fraction of sp³-hybridized carbons (Fsp3) is 0.200. The number of benzene rings is 1. The molecular weight excluding hydrogens is 248 g/mol. The monoisotopic (exact) mass is 260 g/mol. The number of rotatable bonds is 1. The number of Topliss-reactive ketones (excluding diaryl/α,β-unsaturated/α-hetero) is 2. The molecule has 0 N–H and O–H groups in total. The molecule has 0 spiro atoms. The number of hydrogen-bond donors (Lipinski definition) is 0. The summed E-state index contributed by atoms with van der Waals surface area (Å²) in [6.45, 7) is 5.08. The van der Waals surface area contributed by atoms with Crippen LogP contribution in [0.5, 0.6) is 0 Å². The number of ketones is 2. The molecule has 2 nitrogen and oxygen atoms in total. The summed E-state index contributed by atoms with van der Waals surface area (Å²) in [5, 5.41) is 0.607. The van der Waals surface area contributed by atoms with Crippen LogP contribution < -0.4 is 0 Å². The summed E-state index contributed by atoms with van der Waals surface area (Å²) < 4.78 is 0. The molecule has 0 saturated heterocycles. The first-order valence-electron chi connectivity index (χ1n) is 5.67. The minimum absolute atomic E-state index is 0.0583. The van der Waals surface area contributed by atoms with Gasteiger partial charge in [-0.3, -0.25) is 9.59 Å². The second-order valence-electron chi connectivity index (χ2n) is 4.42. The molecule has 0 fully saturated rings. The van der Waals surface area contributed by atoms with Crippen LogP contribution in [0.2, 0.25) is 5.02 Å². The molecular formula is C15H13ClO2. The topological polar surface area (TPSA) is 34.1 Å². The van der Waals surface area contributed by atoms with Crippen molar-refractivity contribution in [3.63, 3.8) is 0 Å². The zero-order valence-corrected chi connectivity index (χ0v) is 11.3. The van der Waals surface area contributed by atoms with Crippen LogP contribution in [0.3, 0.4) is 0 Å². The van der Waals surface area contributed by atoms with Gasteiger partial charge in [0.15, 0.2) is 11.6 Å². The minimum atomic E-state index is -0.0769. The van der Waals surface area contributed by atoms with Crippen molar-refractivity contribution in [1.82, 2.24) is 0 Å². The Kier molecular flexibility index (Phi) is 3.22. The van der Waals surface area contributed by atoms with Crippen molar-refractivity contribution in [2.45, 2.75) is 20.8 Å². The first-order valence-corrected chi connectivity index (χ1v) is 6.05. The number of halogens is 1. The number of carbonyl (C=O) groups excluding carboxylic acids is 2. The third-order valence-corrected chi connectivity index (χ3v) is 3.57. The Morgan fingerprint density at radius 2 is 1.28 bits per heavy atom. The largest absolute Gasteiger partial charge is 0.289 e. The first kappa shape index (κ1) is 12.8. The molecule has 1 aliphatic rings. The van der Waals surface area contributed by atoms with Crippen LogP contribution in [0.15, 0.2) is 41.0 Å². The van der Waals surface area contributed by atoms with E-state index >= 15 is 0 Å². The van der Waals surface area contributed by atoms with Gasteiger partial charge in [-0.2, -0.15) is 0 Å². The van der Waals surface area contributed by atoms with E-state index < -0.39 is 0 Å². The van der Waals surface area contributed by atoms with Crippen molar-refractivity contribution >= 4 is 28.7 Å². The van der Waals surface area contributed by atoms with E-state index in [2.05, 4.69) is 0 Å². The highest BCUT2D eigenvalue weighted by molar-refractivity contribution is 6.39. The van der Waals surface area contributed by atoms with Crippen LogP contribution in [-0.4, -0.2) is 11.6 Å². The maximum Gasteiger partial charge on any atom is 0.190 e. The third-order valence-electron chi connectivity index (χ3n) is 3.32. The highest BCUT2D eigenvalue weighted by atomic mass is 35.5. The van der Waals surface area contributed by atoms with Gasteiger partial charge in [0.1, 0.15) is 0 Å². The third kappa shape index (κ3) is 1.93. The molecule has 0 aliphatic heterocycles. The summed E-state index contributed by atoms with van der Waals surface area (Å²) in [5.74, 6) is -0.135. The molecule has 2 rings (SSSR count). The van der Waals surface area contributed by atoms with Gasteiger partial charge in [-0.1, -0.05) is 23.7 Å². The van der Waals surface area contributed by atoms with Crippen molar-refractivity contribution in [2.75, 3.05) is 0 Å². The standard InChI is InChI=1S/C15H13ClO2/c1-8-9(2)15(18)13(10(3)14(8)17)11-4-6-12(16)7-5-11/h4-7H,1-3H3. The van der Waals surface area contributed by atoms with Gasteiger partial charge in [0.25, 0.3) is 0 Å². The van der Waals surface area contributed by atoms with Gasteiger partial charge in [-0.15, -0.1) is 0 Å². The lowest BCUT2D eigenvalue weighted by Gasteiger charge is -2.18. The summed E-state index contributed by atoms with van der Waals surface area (Å²) in [4.78, 5) is 24.3. The Bertz CT molecular complexity index is 604. The summed E-state index contributed by atoms with van der Waals surface area (Å²) in [6, 6.07) is 6.96. The summed E-state index contributed by atoms with van der Waals surface area (Å²) >= 11 is 5.83. The molecule has 0 amide bonds. The smallest absolute Gasteiger partial charge is 0.190 e. The van der Waals surface area contributed by atoms with Gasteiger partial charge in [0, 0.05) is 27.3 Å². The van der Waals surface area contributed by atoms with Crippen LogP contribution in [0.25, 0.3) is 5.57 Å². The SMILES string of the molecule is CC1=C(C)C(=O)C(c2ccc(Cl)cc2)=C(C)C1=O. The molecule has 1 aromatic carbocycles. The summed E-state index contributed by atoms with van der Waals surface area (Å²) in [5.41, 5.74) is 2.79. The average Bonchev–Trinajstić information content (AvgIpc) is 2.36. The van der Waals surface area contributed by atoms with Crippen molar-refractivity contribution in [3.05, 3.63) is 51.6 Å². The lowest BCUT2D eigenvalue weighted by atomic mass is 9.83. The molecule has 0 unspecified atom stereocenters. The molecule has 92 valence electrons. The van der Waals surface area contributed by atoms with E-state index in [0.717, 1.165) is 5.56 Å². The maximum atomic E-state index is 12.3. The number of hydrogen-bond acceptors (Lipinski definition) is 2. The molecule has 1 aliphatic carbocycles. The predicted octanol–water partition coefficient (Wildman–Crippen LogP) is 3.60. The molecule has 1 aromatic rings. The summed E-state index contributed by atoms with van der Waals surface area (Å²) in [7, 11) is 0. The van der Waals surface area contributed by atoms with Crippen LogP contribution in [0.4, 0.5) is 0 Å². The van der Waals surface area contributed by atoms with Crippen molar-refractivity contribution < 1.29 is 9.59 Å². The molecule has 0 radical (unpaired) electrons. The van der Waals surface area contributed by atoms with Crippen LogP contribution in [-0.2, 0) is 9.59 Å². The Morgan fingerprint density at radius 1 is 0.778 bits per heavy atom. The fourth-order valence-electron chi connectivity index (χ4n) is 2.06. The Balaban J connectivity index is 2.60. The van der Waals surface area contributed by atoms with E-state index in [1.807, 2.05) is 0 Å². The minimum Gasteiger partial charge on any atom is -0.289 e. The van der Waals surface area contributed by atoms with E-state index in [1.165, 1.54) is 0 Å². The number of allylic oxidation sites excluding steroid dienone is 4. The predicted molar refractivity (Wildman–Crippen MR) is 72.4 cm³/mol. The van der Waals surface area contributed by atoms with E-state index in [1.54, 1.807) is 45.0 Å². The van der Waals surface area contributed by atoms with Crippen molar-refractivity contribution in [2.24, 2.45) is 0 Å². The Morgan fingerprint density at radius 3 is 1.83 bits per heavy atom. The van der Waals surface area contributed by atoms with Crippen LogP contribution >= 0.6 is 11.6 Å². The highest BCUT2D eigenvalue weighted by Crippen LogP contribution is 2.31. The van der Waals surface area contributed by atoms with Crippen molar-refractivity contribution in [1.29, 1.82) is 0 Å². The second-order valence-corrected chi connectivity index (χ2v) is 4.85. The van der Waals surface area contributed by atoms with Gasteiger partial charge >= 0.3 is 0 Å². The second kappa shape index (κ2) is 4.54. The summed E-state index contributed by atoms with van der Waals surface area (Å²) in [6.07, 6.45) is 0. The van der Waals surface area contributed by atoms with E-state index in [4.69, 9.17) is 11.6 Å². The van der Waals surface area contributed by atoms with Gasteiger partial charge in [-0.05, 0) is 38.5 Å². The number of carbonyl (C=O) groups is 2. The zero-order valence-electron chi connectivity index (χ0n) is 10.5. The molecule has 0 aromatic heterocycles.